The van der Waals surface area contributed by atoms with Crippen molar-refractivity contribution in [2.45, 2.75) is 33.2 Å². The minimum absolute atomic E-state index is 0.392. The van der Waals surface area contributed by atoms with Gasteiger partial charge < -0.3 is 5.11 Å². The van der Waals surface area contributed by atoms with E-state index >= 15 is 0 Å². The molecule has 2 rings (SSSR count). The molecule has 0 aromatic heterocycles. The third-order valence-electron chi connectivity index (χ3n) is 4.04. The Morgan fingerprint density at radius 3 is 2.61 bits per heavy atom. The molecule has 18 heavy (non-hydrogen) atoms. The molecular formula is C15H22BrNO. The van der Waals surface area contributed by atoms with Crippen LogP contribution in [0.5, 0.6) is 5.75 Å². The highest BCUT2D eigenvalue weighted by Crippen LogP contribution is 2.30. The molecule has 0 amide bonds. The maximum Gasteiger partial charge on any atom is 0.134 e. The van der Waals surface area contributed by atoms with Crippen molar-refractivity contribution < 1.29 is 5.11 Å². The van der Waals surface area contributed by atoms with E-state index in [-0.39, 0.29) is 0 Å². The van der Waals surface area contributed by atoms with Gasteiger partial charge in [-0.05, 0) is 59.8 Å². The van der Waals surface area contributed by atoms with Crippen LogP contribution in [0.4, 0.5) is 0 Å². The van der Waals surface area contributed by atoms with E-state index in [1.54, 1.807) is 0 Å². The number of para-hydroxylation sites is 1. The number of benzene rings is 1. The Balaban J connectivity index is 1.94. The number of halogens is 1. The quantitative estimate of drug-likeness (QED) is 0.911. The van der Waals surface area contributed by atoms with Crippen molar-refractivity contribution in [1.82, 2.24) is 4.90 Å². The maximum absolute atomic E-state index is 9.99. The summed E-state index contributed by atoms with van der Waals surface area (Å²) in [5, 5.41) is 9.99. The molecule has 1 N–H and O–H groups in total. The van der Waals surface area contributed by atoms with Gasteiger partial charge in [-0.15, -0.1) is 0 Å². The Morgan fingerprint density at radius 1 is 1.33 bits per heavy atom. The molecule has 0 radical (unpaired) electrons. The van der Waals surface area contributed by atoms with Crippen molar-refractivity contribution in [3.8, 4) is 5.75 Å². The van der Waals surface area contributed by atoms with Crippen LogP contribution in [0.2, 0.25) is 0 Å². The molecule has 0 saturated carbocycles. The summed E-state index contributed by atoms with van der Waals surface area (Å²) in [6, 6.07) is 5.87. The van der Waals surface area contributed by atoms with Crippen LogP contribution in [0.15, 0.2) is 22.7 Å². The predicted octanol–water partition coefficient (Wildman–Crippen LogP) is 4.02. The van der Waals surface area contributed by atoms with Gasteiger partial charge in [0.15, 0.2) is 0 Å². The summed E-state index contributed by atoms with van der Waals surface area (Å²) in [6.45, 7) is 7.79. The summed E-state index contributed by atoms with van der Waals surface area (Å²) in [5.41, 5.74) is 1.02. The Labute approximate surface area is 118 Å². The first-order valence-corrected chi connectivity index (χ1v) is 7.56. The minimum Gasteiger partial charge on any atom is -0.506 e. The second kappa shape index (κ2) is 6.07. The molecule has 1 aliphatic rings. The van der Waals surface area contributed by atoms with Crippen molar-refractivity contribution in [1.29, 1.82) is 0 Å². The molecule has 1 aromatic carbocycles. The first kappa shape index (κ1) is 13.9. The summed E-state index contributed by atoms with van der Waals surface area (Å²) in [4.78, 5) is 2.44. The maximum atomic E-state index is 9.99. The summed E-state index contributed by atoms with van der Waals surface area (Å²) in [7, 11) is 0. The topological polar surface area (TPSA) is 23.5 Å². The van der Waals surface area contributed by atoms with E-state index < -0.39 is 0 Å². The molecule has 0 unspecified atom stereocenters. The van der Waals surface area contributed by atoms with Crippen LogP contribution in [-0.2, 0) is 6.54 Å². The first-order valence-electron chi connectivity index (χ1n) is 6.76. The molecule has 1 saturated heterocycles. The van der Waals surface area contributed by atoms with Gasteiger partial charge in [-0.3, -0.25) is 4.90 Å². The molecule has 100 valence electrons. The number of rotatable bonds is 3. The lowest BCUT2D eigenvalue weighted by Gasteiger charge is -2.34. The average molecular weight is 312 g/mol. The second-order valence-electron chi connectivity index (χ2n) is 5.61. The van der Waals surface area contributed by atoms with E-state index in [4.69, 9.17) is 0 Å². The molecule has 0 atom stereocenters. The lowest BCUT2D eigenvalue weighted by Crippen LogP contribution is -2.34. The molecule has 1 fully saturated rings. The standard InChI is InChI=1S/C15H22BrNO/c1-11(2)12-6-8-17(9-7-12)10-13-4-3-5-14(16)15(13)18/h3-5,11-12,18H,6-10H2,1-2H3. The molecule has 0 spiro atoms. The number of nitrogens with zero attached hydrogens (tertiary/aromatic N) is 1. The normalized spacial score (nSPS) is 18.4. The van der Waals surface area contributed by atoms with E-state index in [0.717, 1.165) is 41.5 Å². The molecule has 2 nitrogen and oxygen atoms in total. The SMILES string of the molecule is CC(C)C1CCN(Cc2cccc(Br)c2O)CC1. The predicted molar refractivity (Wildman–Crippen MR) is 78.6 cm³/mol. The van der Waals surface area contributed by atoms with Gasteiger partial charge in [-0.2, -0.15) is 0 Å². The van der Waals surface area contributed by atoms with E-state index in [9.17, 15) is 5.11 Å². The second-order valence-corrected chi connectivity index (χ2v) is 6.46. The third kappa shape index (κ3) is 3.27. The van der Waals surface area contributed by atoms with Crippen LogP contribution < -0.4 is 0 Å². The molecule has 0 aliphatic carbocycles. The van der Waals surface area contributed by atoms with E-state index in [2.05, 4.69) is 34.7 Å². The fourth-order valence-corrected chi connectivity index (χ4v) is 3.11. The monoisotopic (exact) mass is 311 g/mol. The smallest absolute Gasteiger partial charge is 0.134 e. The lowest BCUT2D eigenvalue weighted by atomic mass is 9.86. The van der Waals surface area contributed by atoms with Crippen LogP contribution in [0.25, 0.3) is 0 Å². The van der Waals surface area contributed by atoms with Gasteiger partial charge in [-0.1, -0.05) is 26.0 Å². The van der Waals surface area contributed by atoms with Crippen molar-refractivity contribution >= 4 is 15.9 Å². The van der Waals surface area contributed by atoms with Gasteiger partial charge in [0.1, 0.15) is 5.75 Å². The number of piperidine rings is 1. The van der Waals surface area contributed by atoms with Gasteiger partial charge in [0.05, 0.1) is 4.47 Å². The van der Waals surface area contributed by atoms with Crippen LogP contribution in [-0.4, -0.2) is 23.1 Å². The van der Waals surface area contributed by atoms with Crippen LogP contribution in [0.3, 0.4) is 0 Å². The van der Waals surface area contributed by atoms with Gasteiger partial charge in [-0.25, -0.2) is 0 Å². The number of likely N-dealkylation sites (tertiary alicyclic amines) is 1. The number of hydrogen-bond acceptors (Lipinski definition) is 2. The summed E-state index contributed by atoms with van der Waals surface area (Å²) in [6.07, 6.45) is 2.57. The largest absolute Gasteiger partial charge is 0.506 e. The Hall–Kier alpha value is -0.540. The van der Waals surface area contributed by atoms with Crippen molar-refractivity contribution in [3.63, 3.8) is 0 Å². The van der Waals surface area contributed by atoms with E-state index in [0.29, 0.717) is 5.75 Å². The van der Waals surface area contributed by atoms with Gasteiger partial charge in [0, 0.05) is 12.1 Å². The Morgan fingerprint density at radius 2 is 2.00 bits per heavy atom. The highest BCUT2D eigenvalue weighted by atomic mass is 79.9. The number of aromatic hydroxyl groups is 1. The van der Waals surface area contributed by atoms with Crippen LogP contribution >= 0.6 is 15.9 Å². The van der Waals surface area contributed by atoms with Crippen molar-refractivity contribution in [2.24, 2.45) is 11.8 Å². The molecule has 0 bridgehead atoms. The van der Waals surface area contributed by atoms with Crippen molar-refractivity contribution in [3.05, 3.63) is 28.2 Å². The first-order chi connectivity index (χ1) is 8.58. The number of hydrogen-bond donors (Lipinski definition) is 1. The molecule has 1 aromatic rings. The highest BCUT2D eigenvalue weighted by molar-refractivity contribution is 9.10. The zero-order valence-corrected chi connectivity index (χ0v) is 12.8. The average Bonchev–Trinajstić information content (AvgIpc) is 2.36. The zero-order valence-electron chi connectivity index (χ0n) is 11.2. The number of phenolic OH excluding ortho intramolecular Hbond substituents is 1. The minimum atomic E-state index is 0.392. The lowest BCUT2D eigenvalue weighted by molar-refractivity contribution is 0.151. The zero-order chi connectivity index (χ0) is 13.1. The fraction of sp³-hybridized carbons (Fsp3) is 0.600. The van der Waals surface area contributed by atoms with E-state index in [1.807, 2.05) is 18.2 Å². The summed E-state index contributed by atoms with van der Waals surface area (Å²) in [5.74, 6) is 2.06. The molecule has 3 heteroatoms. The van der Waals surface area contributed by atoms with Gasteiger partial charge in [0.25, 0.3) is 0 Å². The highest BCUT2D eigenvalue weighted by Gasteiger charge is 2.22. The van der Waals surface area contributed by atoms with Gasteiger partial charge >= 0.3 is 0 Å². The summed E-state index contributed by atoms with van der Waals surface area (Å²) < 4.78 is 0.789. The molecular weight excluding hydrogens is 290 g/mol. The Kier molecular flexibility index (Phi) is 4.68. The summed E-state index contributed by atoms with van der Waals surface area (Å²) >= 11 is 3.37. The Bertz CT molecular complexity index is 397. The molecule has 1 heterocycles. The number of phenols is 1. The van der Waals surface area contributed by atoms with Crippen molar-refractivity contribution in [2.75, 3.05) is 13.1 Å². The fourth-order valence-electron chi connectivity index (χ4n) is 2.71. The third-order valence-corrected chi connectivity index (χ3v) is 4.68. The van der Waals surface area contributed by atoms with Crippen LogP contribution in [0, 0.1) is 11.8 Å². The van der Waals surface area contributed by atoms with Crippen LogP contribution in [0.1, 0.15) is 32.3 Å². The molecule has 1 aliphatic heterocycles. The van der Waals surface area contributed by atoms with E-state index in [1.165, 1.54) is 12.8 Å². The van der Waals surface area contributed by atoms with Gasteiger partial charge in [0.2, 0.25) is 0 Å².